The molecule has 1 saturated carbocycles. The highest BCUT2D eigenvalue weighted by Crippen LogP contribution is 2.42. The summed E-state index contributed by atoms with van der Waals surface area (Å²) in [5, 5.41) is 0. The third-order valence-corrected chi connectivity index (χ3v) is 4.61. The molecule has 0 amide bonds. The zero-order chi connectivity index (χ0) is 12.5. The highest BCUT2D eigenvalue weighted by molar-refractivity contribution is 6.17. The van der Waals surface area contributed by atoms with Gasteiger partial charge in [-0.2, -0.15) is 0 Å². The summed E-state index contributed by atoms with van der Waals surface area (Å²) in [7, 11) is 0. The number of rotatable bonds is 2. The van der Waals surface area contributed by atoms with Gasteiger partial charge >= 0.3 is 0 Å². The maximum atomic E-state index is 5.91. The standard InChI is InChI=1S/C16H23Cl/c1-12-10-14(4-5-15(12)11-17)13-6-8-16(2,3)9-7-13/h4-5,10,13H,6-9,11H2,1-3H3. The molecule has 1 aliphatic carbocycles. The van der Waals surface area contributed by atoms with Crippen LogP contribution < -0.4 is 0 Å². The fraction of sp³-hybridized carbons (Fsp3) is 0.625. The van der Waals surface area contributed by atoms with Gasteiger partial charge < -0.3 is 0 Å². The molecule has 0 unspecified atom stereocenters. The summed E-state index contributed by atoms with van der Waals surface area (Å²) < 4.78 is 0. The van der Waals surface area contributed by atoms with Gasteiger partial charge in [-0.15, -0.1) is 11.6 Å². The molecule has 1 heteroatoms. The van der Waals surface area contributed by atoms with E-state index in [1.54, 1.807) is 0 Å². The molecular weight excluding hydrogens is 228 g/mol. The van der Waals surface area contributed by atoms with E-state index in [0.717, 1.165) is 5.92 Å². The number of alkyl halides is 1. The first-order chi connectivity index (χ1) is 8.02. The fourth-order valence-corrected chi connectivity index (χ4v) is 3.16. The molecular formula is C16H23Cl. The lowest BCUT2D eigenvalue weighted by Crippen LogP contribution is -2.20. The lowest BCUT2D eigenvalue weighted by atomic mass is 9.71. The third kappa shape index (κ3) is 3.04. The van der Waals surface area contributed by atoms with E-state index in [0.29, 0.717) is 11.3 Å². The average Bonchev–Trinajstić information content (AvgIpc) is 2.29. The predicted molar refractivity (Wildman–Crippen MR) is 75.7 cm³/mol. The van der Waals surface area contributed by atoms with E-state index in [9.17, 15) is 0 Å². The van der Waals surface area contributed by atoms with Gasteiger partial charge in [0.05, 0.1) is 0 Å². The van der Waals surface area contributed by atoms with Gasteiger partial charge in [0.15, 0.2) is 0 Å². The van der Waals surface area contributed by atoms with E-state index < -0.39 is 0 Å². The molecule has 0 aromatic heterocycles. The Morgan fingerprint density at radius 3 is 2.41 bits per heavy atom. The fourth-order valence-electron chi connectivity index (χ4n) is 2.86. The highest BCUT2D eigenvalue weighted by atomic mass is 35.5. The number of benzene rings is 1. The van der Waals surface area contributed by atoms with Gasteiger partial charge in [-0.05, 0) is 60.6 Å². The van der Waals surface area contributed by atoms with Crippen molar-refractivity contribution in [3.63, 3.8) is 0 Å². The molecule has 17 heavy (non-hydrogen) atoms. The SMILES string of the molecule is Cc1cc(C2CCC(C)(C)CC2)ccc1CCl. The van der Waals surface area contributed by atoms with Gasteiger partial charge in [0, 0.05) is 5.88 Å². The summed E-state index contributed by atoms with van der Waals surface area (Å²) in [5.74, 6) is 1.40. The Kier molecular flexibility index (Phi) is 3.82. The Morgan fingerprint density at radius 2 is 1.88 bits per heavy atom. The van der Waals surface area contributed by atoms with E-state index in [2.05, 4.69) is 39.0 Å². The summed E-state index contributed by atoms with van der Waals surface area (Å²) in [4.78, 5) is 0. The Morgan fingerprint density at radius 1 is 1.24 bits per heavy atom. The van der Waals surface area contributed by atoms with Gasteiger partial charge in [-0.25, -0.2) is 0 Å². The first-order valence-corrected chi connectivity index (χ1v) is 7.21. The zero-order valence-corrected chi connectivity index (χ0v) is 12.0. The van der Waals surface area contributed by atoms with Crippen molar-refractivity contribution in [1.82, 2.24) is 0 Å². The normalized spacial score (nSPS) is 20.5. The number of halogens is 1. The summed E-state index contributed by atoms with van der Waals surface area (Å²) >= 11 is 5.91. The van der Waals surface area contributed by atoms with Gasteiger partial charge in [-0.3, -0.25) is 0 Å². The average molecular weight is 251 g/mol. The van der Waals surface area contributed by atoms with Crippen molar-refractivity contribution >= 4 is 11.6 Å². The zero-order valence-electron chi connectivity index (χ0n) is 11.2. The lowest BCUT2D eigenvalue weighted by molar-refractivity contribution is 0.224. The monoisotopic (exact) mass is 250 g/mol. The van der Waals surface area contributed by atoms with Crippen molar-refractivity contribution in [2.45, 2.75) is 58.3 Å². The molecule has 94 valence electrons. The van der Waals surface area contributed by atoms with Crippen molar-refractivity contribution in [1.29, 1.82) is 0 Å². The second kappa shape index (κ2) is 5.02. The molecule has 1 aliphatic rings. The molecule has 0 radical (unpaired) electrons. The van der Waals surface area contributed by atoms with Crippen LogP contribution in [0.25, 0.3) is 0 Å². The summed E-state index contributed by atoms with van der Waals surface area (Å²) in [6.45, 7) is 6.96. The summed E-state index contributed by atoms with van der Waals surface area (Å²) in [6.07, 6.45) is 5.39. The minimum atomic E-state index is 0.557. The molecule has 0 nitrogen and oxygen atoms in total. The van der Waals surface area contributed by atoms with E-state index in [-0.39, 0.29) is 0 Å². The minimum Gasteiger partial charge on any atom is -0.122 e. The van der Waals surface area contributed by atoms with E-state index in [1.807, 2.05) is 0 Å². The van der Waals surface area contributed by atoms with Crippen LogP contribution in [0.15, 0.2) is 18.2 Å². The Bertz CT molecular complexity index is 383. The largest absolute Gasteiger partial charge is 0.122 e. The second-order valence-electron chi connectivity index (χ2n) is 6.26. The second-order valence-corrected chi connectivity index (χ2v) is 6.53. The van der Waals surface area contributed by atoms with Crippen molar-refractivity contribution < 1.29 is 0 Å². The molecule has 0 aliphatic heterocycles. The number of hydrogen-bond donors (Lipinski definition) is 0. The molecule has 0 saturated heterocycles. The van der Waals surface area contributed by atoms with Crippen LogP contribution >= 0.6 is 11.6 Å². The first kappa shape index (κ1) is 13.0. The van der Waals surface area contributed by atoms with Gasteiger partial charge in [0.25, 0.3) is 0 Å². The molecule has 1 aromatic carbocycles. The predicted octanol–water partition coefficient (Wildman–Crippen LogP) is 5.42. The first-order valence-electron chi connectivity index (χ1n) is 6.67. The molecule has 0 atom stereocenters. The molecule has 1 fully saturated rings. The van der Waals surface area contributed by atoms with Crippen LogP contribution in [0.4, 0.5) is 0 Å². The minimum absolute atomic E-state index is 0.557. The molecule has 2 rings (SSSR count). The summed E-state index contributed by atoms with van der Waals surface area (Å²) in [6, 6.07) is 6.84. The summed E-state index contributed by atoms with van der Waals surface area (Å²) in [5.41, 5.74) is 4.70. The van der Waals surface area contributed by atoms with E-state index in [4.69, 9.17) is 11.6 Å². The van der Waals surface area contributed by atoms with Crippen LogP contribution in [0.3, 0.4) is 0 Å². The number of hydrogen-bond acceptors (Lipinski definition) is 0. The molecule has 0 heterocycles. The Hall–Kier alpha value is -0.490. The van der Waals surface area contributed by atoms with Crippen LogP contribution in [0.2, 0.25) is 0 Å². The molecule has 0 spiro atoms. The third-order valence-electron chi connectivity index (χ3n) is 4.32. The van der Waals surface area contributed by atoms with E-state index in [1.165, 1.54) is 42.4 Å². The maximum absolute atomic E-state index is 5.91. The van der Waals surface area contributed by atoms with Crippen LogP contribution in [0.5, 0.6) is 0 Å². The maximum Gasteiger partial charge on any atom is 0.0476 e. The number of aryl methyl sites for hydroxylation is 1. The van der Waals surface area contributed by atoms with Gasteiger partial charge in [0.1, 0.15) is 0 Å². The van der Waals surface area contributed by atoms with Gasteiger partial charge in [-0.1, -0.05) is 32.0 Å². The molecule has 0 N–H and O–H groups in total. The van der Waals surface area contributed by atoms with Gasteiger partial charge in [0.2, 0.25) is 0 Å². The quantitative estimate of drug-likeness (QED) is 0.615. The molecule has 1 aromatic rings. The van der Waals surface area contributed by atoms with Crippen molar-refractivity contribution in [3.8, 4) is 0 Å². The van der Waals surface area contributed by atoms with Crippen LogP contribution in [0, 0.1) is 12.3 Å². The van der Waals surface area contributed by atoms with Crippen LogP contribution in [-0.4, -0.2) is 0 Å². The topological polar surface area (TPSA) is 0 Å². The smallest absolute Gasteiger partial charge is 0.0476 e. The van der Waals surface area contributed by atoms with Crippen molar-refractivity contribution in [2.24, 2.45) is 5.41 Å². The lowest BCUT2D eigenvalue weighted by Gasteiger charge is -2.34. The molecule has 0 bridgehead atoms. The van der Waals surface area contributed by atoms with Crippen LogP contribution in [-0.2, 0) is 5.88 Å². The van der Waals surface area contributed by atoms with Crippen molar-refractivity contribution in [3.05, 3.63) is 34.9 Å². The van der Waals surface area contributed by atoms with Crippen LogP contribution in [0.1, 0.15) is 62.1 Å². The highest BCUT2D eigenvalue weighted by Gasteiger charge is 2.27. The van der Waals surface area contributed by atoms with Crippen molar-refractivity contribution in [2.75, 3.05) is 0 Å². The van der Waals surface area contributed by atoms with E-state index >= 15 is 0 Å². The Balaban J connectivity index is 2.11. The Labute approximate surface area is 110 Å².